The van der Waals surface area contributed by atoms with Gasteiger partial charge in [0.2, 0.25) is 11.8 Å². The summed E-state index contributed by atoms with van der Waals surface area (Å²) in [6.07, 6.45) is 0. The molecular formula is C31H28N4O3. The van der Waals surface area contributed by atoms with E-state index >= 15 is 0 Å². The van der Waals surface area contributed by atoms with Gasteiger partial charge in [-0.3, -0.25) is 24.3 Å². The molecule has 0 unspecified atom stereocenters. The van der Waals surface area contributed by atoms with Crippen molar-refractivity contribution < 1.29 is 9.59 Å². The van der Waals surface area contributed by atoms with E-state index < -0.39 is 17.4 Å². The number of carbonyl (C=O) groups is 2. The third kappa shape index (κ3) is 2.67. The van der Waals surface area contributed by atoms with E-state index in [1.807, 2.05) is 74.5 Å². The molecule has 7 heteroatoms. The second kappa shape index (κ2) is 7.71. The number of hydrogen-bond donors (Lipinski definition) is 1. The zero-order valence-electron chi connectivity index (χ0n) is 21.7. The lowest BCUT2D eigenvalue weighted by Crippen LogP contribution is -2.51. The Bertz CT molecular complexity index is 1740. The van der Waals surface area contributed by atoms with Crippen LogP contribution in [0.2, 0.25) is 0 Å². The van der Waals surface area contributed by atoms with Gasteiger partial charge in [0, 0.05) is 11.6 Å². The van der Waals surface area contributed by atoms with Gasteiger partial charge in [-0.15, -0.1) is 0 Å². The summed E-state index contributed by atoms with van der Waals surface area (Å²) in [4.78, 5) is 49.1. The van der Waals surface area contributed by atoms with E-state index in [1.165, 1.54) is 4.90 Å². The number of amides is 2. The summed E-state index contributed by atoms with van der Waals surface area (Å²) in [7, 11) is 0. The lowest BCUT2D eigenvalue weighted by Gasteiger charge is -2.32. The van der Waals surface area contributed by atoms with Crippen LogP contribution in [-0.4, -0.2) is 27.4 Å². The number of benzene rings is 3. The second-order valence-corrected chi connectivity index (χ2v) is 11.1. The maximum Gasteiger partial charge on any atom is 0.266 e. The SMILES string of the molecule is Cc1cccc(C)c1N1C(=O)[C@H]2[C@@H](C(C)C)N[C@@]3(c4ccccc4-n4c3nc3ccccc3c4=O)[C@H]2C1=O. The van der Waals surface area contributed by atoms with E-state index in [9.17, 15) is 14.4 Å². The highest BCUT2D eigenvalue weighted by Crippen LogP contribution is 2.56. The Morgan fingerprint density at radius 1 is 0.868 bits per heavy atom. The molecule has 0 radical (unpaired) electrons. The third-order valence-corrected chi connectivity index (χ3v) is 8.68. The van der Waals surface area contributed by atoms with E-state index in [0.29, 0.717) is 28.1 Å². The first-order valence-corrected chi connectivity index (χ1v) is 13.1. The maximum absolute atomic E-state index is 14.5. The van der Waals surface area contributed by atoms with Crippen molar-refractivity contribution in [3.05, 3.63) is 99.6 Å². The van der Waals surface area contributed by atoms with Crippen molar-refractivity contribution in [2.75, 3.05) is 4.90 Å². The third-order valence-electron chi connectivity index (χ3n) is 8.68. The van der Waals surface area contributed by atoms with Gasteiger partial charge in [-0.05, 0) is 49.1 Å². The van der Waals surface area contributed by atoms with Gasteiger partial charge in [0.1, 0.15) is 11.4 Å². The predicted molar refractivity (Wildman–Crippen MR) is 145 cm³/mol. The zero-order chi connectivity index (χ0) is 26.5. The largest absolute Gasteiger partial charge is 0.296 e. The van der Waals surface area contributed by atoms with Gasteiger partial charge in [0.15, 0.2) is 0 Å². The Morgan fingerprint density at radius 2 is 1.55 bits per heavy atom. The number of hydrogen-bond acceptors (Lipinski definition) is 5. The quantitative estimate of drug-likeness (QED) is 0.418. The van der Waals surface area contributed by atoms with Crippen molar-refractivity contribution in [1.29, 1.82) is 0 Å². The van der Waals surface area contributed by atoms with Crippen LogP contribution in [0, 0.1) is 31.6 Å². The summed E-state index contributed by atoms with van der Waals surface area (Å²) in [5.41, 5.74) is 3.21. The molecule has 4 heterocycles. The molecule has 2 fully saturated rings. The molecule has 190 valence electrons. The lowest BCUT2D eigenvalue weighted by molar-refractivity contribution is -0.123. The van der Waals surface area contributed by atoms with E-state index in [4.69, 9.17) is 4.98 Å². The molecule has 0 bridgehead atoms. The fourth-order valence-corrected chi connectivity index (χ4v) is 7.10. The predicted octanol–water partition coefficient (Wildman–Crippen LogP) is 3.99. The Kier molecular flexibility index (Phi) is 4.68. The molecule has 1 N–H and O–H groups in total. The highest BCUT2D eigenvalue weighted by Gasteiger charge is 2.70. The molecule has 38 heavy (non-hydrogen) atoms. The number of aromatic nitrogens is 2. The molecule has 0 aliphatic carbocycles. The minimum Gasteiger partial charge on any atom is -0.296 e. The van der Waals surface area contributed by atoms with Crippen LogP contribution in [-0.2, 0) is 15.1 Å². The number of nitrogens with one attached hydrogen (secondary N) is 1. The molecule has 3 aliphatic heterocycles. The number of carbonyl (C=O) groups excluding carboxylic acids is 2. The second-order valence-electron chi connectivity index (χ2n) is 11.1. The molecule has 2 saturated heterocycles. The van der Waals surface area contributed by atoms with Crippen LogP contribution in [0.1, 0.15) is 36.4 Å². The molecule has 3 aromatic carbocycles. The normalized spacial score (nSPS) is 25.5. The minimum absolute atomic E-state index is 0.0601. The maximum atomic E-state index is 14.5. The number of para-hydroxylation sites is 3. The molecule has 7 nitrogen and oxygen atoms in total. The van der Waals surface area contributed by atoms with E-state index in [0.717, 1.165) is 16.7 Å². The van der Waals surface area contributed by atoms with Crippen LogP contribution in [0.3, 0.4) is 0 Å². The summed E-state index contributed by atoms with van der Waals surface area (Å²) in [5, 5.41) is 4.26. The summed E-state index contributed by atoms with van der Waals surface area (Å²) in [6, 6.07) is 20.5. The van der Waals surface area contributed by atoms with E-state index in [1.54, 1.807) is 10.6 Å². The number of fused-ring (bicyclic) bond motifs is 8. The Morgan fingerprint density at radius 3 is 2.29 bits per heavy atom. The molecule has 0 saturated carbocycles. The van der Waals surface area contributed by atoms with Crippen LogP contribution >= 0.6 is 0 Å². The van der Waals surface area contributed by atoms with Crippen molar-refractivity contribution in [3.8, 4) is 5.69 Å². The first-order chi connectivity index (χ1) is 18.3. The summed E-state index contributed by atoms with van der Waals surface area (Å²) in [5.74, 6) is -1.25. The smallest absolute Gasteiger partial charge is 0.266 e. The highest BCUT2D eigenvalue weighted by molar-refractivity contribution is 6.24. The Labute approximate surface area is 220 Å². The van der Waals surface area contributed by atoms with Gasteiger partial charge >= 0.3 is 0 Å². The Balaban J connectivity index is 1.55. The van der Waals surface area contributed by atoms with Crippen LogP contribution in [0.15, 0.2) is 71.5 Å². The van der Waals surface area contributed by atoms with Gasteiger partial charge in [0.05, 0.1) is 34.1 Å². The van der Waals surface area contributed by atoms with Gasteiger partial charge in [0.25, 0.3) is 5.56 Å². The van der Waals surface area contributed by atoms with Crippen molar-refractivity contribution in [2.45, 2.75) is 39.3 Å². The molecule has 1 aromatic heterocycles. The molecule has 4 atom stereocenters. The van der Waals surface area contributed by atoms with Crippen molar-refractivity contribution in [1.82, 2.24) is 14.9 Å². The fourth-order valence-electron chi connectivity index (χ4n) is 7.10. The molecule has 3 aliphatic rings. The molecular weight excluding hydrogens is 476 g/mol. The lowest BCUT2D eigenvalue weighted by atomic mass is 9.75. The van der Waals surface area contributed by atoms with Crippen molar-refractivity contribution in [3.63, 3.8) is 0 Å². The van der Waals surface area contributed by atoms with Crippen LogP contribution in [0.5, 0.6) is 0 Å². The standard InChI is InChI=1S/C31H28N4O3/c1-16(2)25-23-24(29(38)35(28(23)37)26-17(3)10-9-11-18(26)4)31(33-25)20-13-6-8-15-22(20)34-27(36)19-12-5-7-14-21(19)32-30(31)34/h5-16,23-25,33H,1-4H3/t23-,24-,25-,31+/m1/s1. The van der Waals surface area contributed by atoms with E-state index in [2.05, 4.69) is 19.2 Å². The van der Waals surface area contributed by atoms with Crippen molar-refractivity contribution in [2.24, 2.45) is 17.8 Å². The monoisotopic (exact) mass is 504 g/mol. The highest BCUT2D eigenvalue weighted by atomic mass is 16.2. The summed E-state index contributed by atoms with van der Waals surface area (Å²) in [6.45, 7) is 7.99. The zero-order valence-corrected chi connectivity index (χ0v) is 21.7. The van der Waals surface area contributed by atoms with Crippen LogP contribution in [0.25, 0.3) is 16.6 Å². The van der Waals surface area contributed by atoms with Crippen molar-refractivity contribution >= 4 is 28.4 Å². The number of nitrogens with zero attached hydrogens (tertiary/aromatic N) is 3. The number of imide groups is 1. The van der Waals surface area contributed by atoms with Crippen LogP contribution < -0.4 is 15.8 Å². The number of aryl methyl sites for hydroxylation is 2. The molecule has 4 aromatic rings. The van der Waals surface area contributed by atoms with Crippen LogP contribution in [0.4, 0.5) is 5.69 Å². The number of anilines is 1. The average molecular weight is 505 g/mol. The van der Waals surface area contributed by atoms with Gasteiger partial charge in [-0.2, -0.15) is 0 Å². The first-order valence-electron chi connectivity index (χ1n) is 13.1. The molecule has 1 spiro atoms. The minimum atomic E-state index is -1.11. The fraction of sp³-hybridized carbons (Fsp3) is 0.290. The first kappa shape index (κ1) is 23.0. The molecule has 2 amide bonds. The van der Waals surface area contributed by atoms with Gasteiger partial charge < -0.3 is 0 Å². The molecule has 7 rings (SSSR count). The van der Waals surface area contributed by atoms with E-state index in [-0.39, 0.29) is 29.3 Å². The van der Waals surface area contributed by atoms with Gasteiger partial charge in [-0.25, -0.2) is 9.88 Å². The van der Waals surface area contributed by atoms with Gasteiger partial charge in [-0.1, -0.05) is 62.4 Å². The summed E-state index contributed by atoms with van der Waals surface area (Å²) < 4.78 is 1.64. The Hall–Kier alpha value is -4.10. The summed E-state index contributed by atoms with van der Waals surface area (Å²) >= 11 is 0. The average Bonchev–Trinajstić information content (AvgIpc) is 3.49. The number of rotatable bonds is 2. The topological polar surface area (TPSA) is 84.3 Å².